The van der Waals surface area contributed by atoms with Crippen LogP contribution in [-0.4, -0.2) is 29.8 Å². The molecule has 0 saturated heterocycles. The second kappa shape index (κ2) is 6.98. The molecule has 0 spiro atoms. The molecule has 27 heavy (non-hydrogen) atoms. The van der Waals surface area contributed by atoms with Crippen molar-refractivity contribution < 1.29 is 23.8 Å². The normalized spacial score (nSPS) is 14.9. The summed E-state index contributed by atoms with van der Waals surface area (Å²) < 4.78 is 17.9. The van der Waals surface area contributed by atoms with Crippen molar-refractivity contribution in [3.05, 3.63) is 46.8 Å². The standard InChI is InChI=1S/C20H22N2O5/c1-12-7-16(13(2)22(12)15-4-5-15)20(24)25-10-19(23)21-9-14-3-6-17-18(8-14)27-11-26-17/h3,6-8,15H,4-5,9-11H2,1-2H3,(H,21,23). The molecule has 7 heteroatoms. The molecule has 1 aromatic heterocycles. The van der Waals surface area contributed by atoms with Crippen molar-refractivity contribution >= 4 is 11.9 Å². The lowest BCUT2D eigenvalue weighted by Crippen LogP contribution is -2.28. The number of amides is 1. The first kappa shape index (κ1) is 17.5. The Balaban J connectivity index is 1.29. The fraction of sp³-hybridized carbons (Fsp3) is 0.400. The fourth-order valence-corrected chi connectivity index (χ4v) is 3.39. The highest BCUT2D eigenvalue weighted by atomic mass is 16.7. The molecule has 1 amide bonds. The number of hydrogen-bond donors (Lipinski definition) is 1. The summed E-state index contributed by atoms with van der Waals surface area (Å²) in [4.78, 5) is 24.3. The predicted molar refractivity (Wildman–Crippen MR) is 96.9 cm³/mol. The average molecular weight is 370 g/mol. The van der Waals surface area contributed by atoms with Gasteiger partial charge in [0.15, 0.2) is 18.1 Å². The topological polar surface area (TPSA) is 78.8 Å². The number of nitrogens with one attached hydrogen (secondary N) is 1. The molecular weight excluding hydrogens is 348 g/mol. The van der Waals surface area contributed by atoms with Gasteiger partial charge in [-0.15, -0.1) is 0 Å². The number of rotatable bonds is 6. The van der Waals surface area contributed by atoms with Crippen LogP contribution in [0.1, 0.15) is 46.2 Å². The van der Waals surface area contributed by atoms with Crippen molar-refractivity contribution in [2.45, 2.75) is 39.3 Å². The van der Waals surface area contributed by atoms with Crippen LogP contribution in [0.5, 0.6) is 11.5 Å². The average Bonchev–Trinajstić information content (AvgIpc) is 3.29. The van der Waals surface area contributed by atoms with Gasteiger partial charge in [0.1, 0.15) is 0 Å². The Bertz CT molecular complexity index is 898. The highest BCUT2D eigenvalue weighted by Gasteiger charge is 2.28. The molecule has 1 aliphatic heterocycles. The molecule has 1 N–H and O–H groups in total. The Hall–Kier alpha value is -2.96. The van der Waals surface area contributed by atoms with Gasteiger partial charge in [0.2, 0.25) is 6.79 Å². The van der Waals surface area contributed by atoms with Crippen LogP contribution in [-0.2, 0) is 16.1 Å². The van der Waals surface area contributed by atoms with Crippen molar-refractivity contribution in [2.75, 3.05) is 13.4 Å². The highest BCUT2D eigenvalue weighted by Crippen LogP contribution is 2.38. The maximum Gasteiger partial charge on any atom is 0.340 e. The Kier molecular flexibility index (Phi) is 4.51. The second-order valence-corrected chi connectivity index (χ2v) is 6.93. The van der Waals surface area contributed by atoms with E-state index in [0.29, 0.717) is 29.6 Å². The Labute approximate surface area is 157 Å². The van der Waals surface area contributed by atoms with Crippen LogP contribution in [0.4, 0.5) is 0 Å². The number of carbonyl (C=O) groups is 2. The van der Waals surface area contributed by atoms with Crippen LogP contribution in [0.25, 0.3) is 0 Å². The number of aromatic nitrogens is 1. The maximum atomic E-state index is 12.3. The molecule has 7 nitrogen and oxygen atoms in total. The van der Waals surface area contributed by atoms with Gasteiger partial charge in [-0.05, 0) is 50.5 Å². The number of benzene rings is 1. The number of carbonyl (C=O) groups excluding carboxylic acids is 2. The molecule has 142 valence electrons. The zero-order valence-electron chi connectivity index (χ0n) is 15.4. The molecule has 2 aliphatic rings. The smallest absolute Gasteiger partial charge is 0.340 e. The summed E-state index contributed by atoms with van der Waals surface area (Å²) in [5.41, 5.74) is 3.37. The van der Waals surface area contributed by atoms with Gasteiger partial charge < -0.3 is 24.1 Å². The van der Waals surface area contributed by atoms with E-state index in [4.69, 9.17) is 14.2 Å². The summed E-state index contributed by atoms with van der Waals surface area (Å²) >= 11 is 0. The van der Waals surface area contributed by atoms with Crippen molar-refractivity contribution in [2.24, 2.45) is 0 Å². The molecule has 0 radical (unpaired) electrons. The van der Waals surface area contributed by atoms with Gasteiger partial charge in [0.25, 0.3) is 5.91 Å². The number of esters is 1. The van der Waals surface area contributed by atoms with Crippen LogP contribution >= 0.6 is 0 Å². The number of nitrogens with zero attached hydrogens (tertiary/aromatic N) is 1. The molecule has 2 heterocycles. The molecule has 2 aromatic rings. The van der Waals surface area contributed by atoms with Crippen LogP contribution in [0.15, 0.2) is 24.3 Å². The molecule has 0 unspecified atom stereocenters. The molecule has 1 aliphatic carbocycles. The fourth-order valence-electron chi connectivity index (χ4n) is 3.39. The van der Waals surface area contributed by atoms with E-state index < -0.39 is 5.97 Å². The zero-order valence-corrected chi connectivity index (χ0v) is 15.4. The minimum absolute atomic E-state index is 0.211. The number of aryl methyl sites for hydroxylation is 1. The van der Waals surface area contributed by atoms with E-state index in [1.54, 1.807) is 6.07 Å². The Morgan fingerprint density at radius 2 is 1.96 bits per heavy atom. The van der Waals surface area contributed by atoms with Crippen LogP contribution in [0.2, 0.25) is 0 Å². The van der Waals surface area contributed by atoms with E-state index in [-0.39, 0.29) is 19.3 Å². The summed E-state index contributed by atoms with van der Waals surface area (Å²) in [6.07, 6.45) is 2.29. The minimum atomic E-state index is -0.465. The number of hydrogen-bond acceptors (Lipinski definition) is 5. The predicted octanol–water partition coefficient (Wildman–Crippen LogP) is 2.64. The quantitative estimate of drug-likeness (QED) is 0.791. The third-order valence-corrected chi connectivity index (χ3v) is 4.88. The summed E-state index contributed by atoms with van der Waals surface area (Å²) in [6, 6.07) is 7.81. The van der Waals surface area contributed by atoms with Gasteiger partial charge in [-0.3, -0.25) is 4.79 Å². The monoisotopic (exact) mass is 370 g/mol. The number of fused-ring (bicyclic) bond motifs is 1. The van der Waals surface area contributed by atoms with Gasteiger partial charge >= 0.3 is 5.97 Å². The first-order chi connectivity index (χ1) is 13.0. The molecule has 1 aromatic carbocycles. The van der Waals surface area contributed by atoms with Crippen molar-refractivity contribution in [1.82, 2.24) is 9.88 Å². The largest absolute Gasteiger partial charge is 0.454 e. The maximum absolute atomic E-state index is 12.3. The summed E-state index contributed by atoms with van der Waals surface area (Å²) in [5, 5.41) is 2.74. The van der Waals surface area contributed by atoms with Crippen molar-refractivity contribution in [3.8, 4) is 11.5 Å². The molecular formula is C20H22N2O5. The first-order valence-corrected chi connectivity index (χ1v) is 9.03. The van der Waals surface area contributed by atoms with E-state index >= 15 is 0 Å². The van der Waals surface area contributed by atoms with Crippen LogP contribution in [0, 0.1) is 13.8 Å². The van der Waals surface area contributed by atoms with Crippen LogP contribution < -0.4 is 14.8 Å². The zero-order chi connectivity index (χ0) is 19.0. The second-order valence-electron chi connectivity index (χ2n) is 6.93. The van der Waals surface area contributed by atoms with Gasteiger partial charge in [0.05, 0.1) is 5.56 Å². The van der Waals surface area contributed by atoms with E-state index in [1.165, 1.54) is 0 Å². The van der Waals surface area contributed by atoms with E-state index in [2.05, 4.69) is 9.88 Å². The van der Waals surface area contributed by atoms with Gasteiger partial charge in [-0.25, -0.2) is 4.79 Å². The van der Waals surface area contributed by atoms with E-state index in [0.717, 1.165) is 29.8 Å². The Morgan fingerprint density at radius 1 is 1.19 bits per heavy atom. The van der Waals surface area contributed by atoms with Crippen molar-refractivity contribution in [1.29, 1.82) is 0 Å². The molecule has 1 fully saturated rings. The molecule has 4 rings (SSSR count). The Morgan fingerprint density at radius 3 is 2.74 bits per heavy atom. The molecule has 0 atom stereocenters. The first-order valence-electron chi connectivity index (χ1n) is 9.03. The third kappa shape index (κ3) is 3.63. The molecule has 0 bridgehead atoms. The van der Waals surface area contributed by atoms with Crippen molar-refractivity contribution in [3.63, 3.8) is 0 Å². The lowest BCUT2D eigenvalue weighted by atomic mass is 10.2. The summed E-state index contributed by atoms with van der Waals surface area (Å²) in [6.45, 7) is 4.13. The lowest BCUT2D eigenvalue weighted by molar-refractivity contribution is -0.124. The van der Waals surface area contributed by atoms with Gasteiger partial charge in [-0.1, -0.05) is 6.07 Å². The highest BCUT2D eigenvalue weighted by molar-refractivity contribution is 5.92. The molecule has 1 saturated carbocycles. The minimum Gasteiger partial charge on any atom is -0.454 e. The van der Waals surface area contributed by atoms with E-state index in [9.17, 15) is 9.59 Å². The van der Waals surface area contributed by atoms with Gasteiger partial charge in [-0.2, -0.15) is 0 Å². The van der Waals surface area contributed by atoms with Gasteiger partial charge in [0, 0.05) is 24.0 Å². The third-order valence-electron chi connectivity index (χ3n) is 4.88. The van der Waals surface area contributed by atoms with Crippen LogP contribution in [0.3, 0.4) is 0 Å². The van der Waals surface area contributed by atoms with E-state index in [1.807, 2.05) is 32.0 Å². The summed E-state index contributed by atoms with van der Waals surface area (Å²) in [5.74, 6) is 0.548. The summed E-state index contributed by atoms with van der Waals surface area (Å²) in [7, 11) is 0. The SMILES string of the molecule is Cc1cc(C(=O)OCC(=O)NCc2ccc3c(c2)OCO3)c(C)n1C1CC1. The number of ether oxygens (including phenoxy) is 3. The lowest BCUT2D eigenvalue weighted by Gasteiger charge is -2.09.